The van der Waals surface area contributed by atoms with E-state index in [4.69, 9.17) is 19.2 Å². The molecule has 0 bridgehead atoms. The van der Waals surface area contributed by atoms with E-state index in [1.54, 1.807) is 43.4 Å². The highest BCUT2D eigenvalue weighted by Gasteiger charge is 2.45. The molecule has 1 aliphatic carbocycles. The van der Waals surface area contributed by atoms with E-state index in [1.807, 2.05) is 30.3 Å². The van der Waals surface area contributed by atoms with Gasteiger partial charge in [-0.25, -0.2) is 4.98 Å². The Morgan fingerprint density at radius 3 is 2.32 bits per heavy atom. The largest absolute Gasteiger partial charge is 0.382 e. The summed E-state index contributed by atoms with van der Waals surface area (Å²) in [6.45, 7) is 2.32. The summed E-state index contributed by atoms with van der Waals surface area (Å²) in [5.41, 5.74) is 3.91. The SMILES string of the molecule is CN(C)C(=O)c1cc2cnc(Nc3ccc(CC(=O)CCOCCOCCOCCNc4cccc5c4C(=O)N(C4CCC(=O)NC4=O)C5=O)cc3)nc2n1C1CCCC1. The zero-order valence-corrected chi connectivity index (χ0v) is 33.9. The fourth-order valence-electron chi connectivity index (χ4n) is 7.79. The van der Waals surface area contributed by atoms with Crippen LogP contribution in [0.2, 0.25) is 0 Å². The molecule has 1 saturated heterocycles. The van der Waals surface area contributed by atoms with Crippen LogP contribution in [0.1, 0.15) is 87.8 Å². The molecular weight excluding hydrogens is 773 g/mol. The first kappa shape index (κ1) is 42.1. The van der Waals surface area contributed by atoms with Gasteiger partial charge in [-0.1, -0.05) is 31.0 Å². The van der Waals surface area contributed by atoms with E-state index in [2.05, 4.69) is 25.5 Å². The van der Waals surface area contributed by atoms with Gasteiger partial charge < -0.3 is 34.3 Å². The Morgan fingerprint density at radius 2 is 1.60 bits per heavy atom. The van der Waals surface area contributed by atoms with Gasteiger partial charge in [0.1, 0.15) is 23.2 Å². The number of fused-ring (bicyclic) bond motifs is 2. The molecule has 316 valence electrons. The standard InChI is InChI=1S/C43H50N8O9/c1-49(2)41(56)35-25-28-26-45-43(48-38(28)50(35)30-6-3-4-7-30)46-29-12-10-27(11-13-29)24-31(52)16-18-58-20-22-60-23-21-59-19-17-44-33-9-5-8-32-37(33)42(57)51(40(32)55)34-14-15-36(53)47-39(34)54/h5,8-13,25-26,30,34,44H,3-4,6-7,14-24H2,1-2H3,(H,45,46,48)(H,47,53,54). The van der Waals surface area contributed by atoms with Crippen molar-refractivity contribution in [2.75, 3.05) is 70.9 Å². The number of ketones is 1. The molecule has 3 N–H and O–H groups in total. The highest BCUT2D eigenvalue weighted by Crippen LogP contribution is 2.35. The summed E-state index contributed by atoms with van der Waals surface area (Å²) in [5, 5.41) is 9.42. The van der Waals surface area contributed by atoms with Crippen molar-refractivity contribution in [2.24, 2.45) is 0 Å². The van der Waals surface area contributed by atoms with Crippen LogP contribution < -0.4 is 16.0 Å². The minimum absolute atomic E-state index is 0.0535. The minimum Gasteiger partial charge on any atom is -0.382 e. The van der Waals surface area contributed by atoms with Gasteiger partial charge in [0.05, 0.1) is 50.8 Å². The third-order valence-electron chi connectivity index (χ3n) is 10.8. The van der Waals surface area contributed by atoms with Crippen LogP contribution in [0.5, 0.6) is 0 Å². The average molecular weight is 823 g/mol. The molecule has 2 aromatic heterocycles. The molecule has 7 rings (SSSR count). The van der Waals surface area contributed by atoms with Gasteiger partial charge in [0, 0.05) is 68.9 Å². The average Bonchev–Trinajstić information content (AvgIpc) is 3.96. The van der Waals surface area contributed by atoms with Crippen molar-refractivity contribution < 1.29 is 43.0 Å². The van der Waals surface area contributed by atoms with Crippen molar-refractivity contribution in [3.05, 3.63) is 77.1 Å². The molecule has 17 heteroatoms. The Kier molecular flexibility index (Phi) is 13.6. The molecule has 4 heterocycles. The third kappa shape index (κ3) is 9.70. The summed E-state index contributed by atoms with van der Waals surface area (Å²) in [6.07, 6.45) is 6.75. The number of Topliss-reactive ketones (excluding diaryl/α,β-unsaturated/α-hetero) is 1. The van der Waals surface area contributed by atoms with Crippen molar-refractivity contribution in [2.45, 2.75) is 63.5 Å². The second kappa shape index (κ2) is 19.4. The molecule has 60 heavy (non-hydrogen) atoms. The number of imide groups is 2. The van der Waals surface area contributed by atoms with Gasteiger partial charge in [0.2, 0.25) is 17.8 Å². The van der Waals surface area contributed by atoms with E-state index in [9.17, 15) is 28.8 Å². The molecule has 2 aromatic carbocycles. The number of rotatable bonds is 20. The van der Waals surface area contributed by atoms with Crippen molar-refractivity contribution in [1.29, 1.82) is 0 Å². The maximum absolute atomic E-state index is 13.2. The van der Waals surface area contributed by atoms with Crippen LogP contribution in [-0.2, 0) is 35.0 Å². The number of ether oxygens (including phenoxy) is 3. The van der Waals surface area contributed by atoms with Crippen LogP contribution in [0.3, 0.4) is 0 Å². The maximum Gasteiger partial charge on any atom is 0.270 e. The number of anilines is 3. The number of piperidine rings is 1. The van der Waals surface area contributed by atoms with E-state index in [1.165, 1.54) is 0 Å². The summed E-state index contributed by atoms with van der Waals surface area (Å²) in [5.74, 6) is -1.77. The molecule has 2 aliphatic heterocycles. The smallest absolute Gasteiger partial charge is 0.270 e. The van der Waals surface area contributed by atoms with Crippen molar-refractivity contribution in [1.82, 2.24) is 29.7 Å². The van der Waals surface area contributed by atoms with Crippen molar-refractivity contribution >= 4 is 63.7 Å². The van der Waals surface area contributed by atoms with Crippen LogP contribution in [0.25, 0.3) is 11.0 Å². The van der Waals surface area contributed by atoms with Gasteiger partial charge in [-0.3, -0.25) is 39.0 Å². The molecule has 1 saturated carbocycles. The summed E-state index contributed by atoms with van der Waals surface area (Å²) < 4.78 is 18.9. The number of nitrogens with one attached hydrogen (secondary N) is 3. The number of hydrogen-bond acceptors (Lipinski definition) is 13. The van der Waals surface area contributed by atoms with Gasteiger partial charge in [0.15, 0.2) is 0 Å². The molecule has 4 aromatic rings. The van der Waals surface area contributed by atoms with Crippen LogP contribution in [0.15, 0.2) is 54.7 Å². The fraction of sp³-hybridized carbons (Fsp3) is 0.442. The minimum atomic E-state index is -1.03. The molecule has 1 unspecified atom stereocenters. The van der Waals surface area contributed by atoms with Crippen LogP contribution in [-0.4, -0.2) is 126 Å². The molecule has 0 spiro atoms. The van der Waals surface area contributed by atoms with Gasteiger partial charge in [-0.15, -0.1) is 0 Å². The van der Waals surface area contributed by atoms with E-state index >= 15 is 0 Å². The zero-order valence-electron chi connectivity index (χ0n) is 33.9. The normalized spacial score (nSPS) is 16.7. The number of hydrogen-bond donors (Lipinski definition) is 3. The Morgan fingerprint density at radius 1 is 0.883 bits per heavy atom. The number of amides is 5. The zero-order chi connectivity index (χ0) is 42.2. The molecule has 1 atom stereocenters. The molecular formula is C43H50N8O9. The lowest BCUT2D eigenvalue weighted by molar-refractivity contribution is -0.136. The molecule has 2 fully saturated rings. The topological polar surface area (TPSA) is 203 Å². The lowest BCUT2D eigenvalue weighted by Gasteiger charge is -2.27. The third-order valence-corrected chi connectivity index (χ3v) is 10.8. The summed E-state index contributed by atoms with van der Waals surface area (Å²) in [4.78, 5) is 87.6. The number of benzene rings is 2. The highest BCUT2D eigenvalue weighted by atomic mass is 16.5. The first-order chi connectivity index (χ1) is 29.1. The van der Waals surface area contributed by atoms with Crippen LogP contribution in [0, 0.1) is 0 Å². The number of nitrogens with zero attached hydrogens (tertiary/aromatic N) is 5. The Hall–Kier alpha value is -6.04. The molecule has 17 nitrogen and oxygen atoms in total. The summed E-state index contributed by atoms with van der Waals surface area (Å²) in [6, 6.07) is 13.6. The number of aromatic nitrogens is 3. The van der Waals surface area contributed by atoms with Gasteiger partial charge >= 0.3 is 0 Å². The molecule has 0 radical (unpaired) electrons. The Balaban J connectivity index is 0.756. The van der Waals surface area contributed by atoms with E-state index < -0.39 is 29.7 Å². The predicted octanol–water partition coefficient (Wildman–Crippen LogP) is 4.06. The van der Waals surface area contributed by atoms with Gasteiger partial charge in [0.25, 0.3) is 17.7 Å². The predicted molar refractivity (Wildman–Crippen MR) is 220 cm³/mol. The number of carbonyl (C=O) groups is 6. The fourth-order valence-corrected chi connectivity index (χ4v) is 7.79. The van der Waals surface area contributed by atoms with Crippen molar-refractivity contribution in [3.8, 4) is 0 Å². The first-order valence-corrected chi connectivity index (χ1v) is 20.4. The van der Waals surface area contributed by atoms with Crippen LogP contribution in [0.4, 0.5) is 17.3 Å². The van der Waals surface area contributed by atoms with E-state index in [0.717, 1.165) is 52.9 Å². The molecule has 3 aliphatic rings. The number of carbonyl (C=O) groups excluding carboxylic acids is 6. The van der Waals surface area contributed by atoms with E-state index in [0.29, 0.717) is 56.9 Å². The molecule has 5 amide bonds. The second-order valence-electron chi connectivity index (χ2n) is 15.2. The second-order valence-corrected chi connectivity index (χ2v) is 15.2. The monoisotopic (exact) mass is 822 g/mol. The van der Waals surface area contributed by atoms with E-state index in [-0.39, 0.29) is 61.1 Å². The Labute approximate surface area is 347 Å². The van der Waals surface area contributed by atoms with Gasteiger partial charge in [-0.05, 0) is 55.2 Å². The lowest BCUT2D eigenvalue weighted by atomic mass is 10.0. The van der Waals surface area contributed by atoms with Crippen molar-refractivity contribution in [3.63, 3.8) is 0 Å². The highest BCUT2D eigenvalue weighted by molar-refractivity contribution is 6.25. The van der Waals surface area contributed by atoms with Gasteiger partial charge in [-0.2, -0.15) is 4.98 Å². The quantitative estimate of drug-likeness (QED) is 0.0852. The van der Waals surface area contributed by atoms with Crippen LogP contribution >= 0.6 is 0 Å². The maximum atomic E-state index is 13.2. The first-order valence-electron chi connectivity index (χ1n) is 20.4. The summed E-state index contributed by atoms with van der Waals surface area (Å²) >= 11 is 0. The Bertz CT molecular complexity index is 2250. The summed E-state index contributed by atoms with van der Waals surface area (Å²) in [7, 11) is 3.51. The lowest BCUT2D eigenvalue weighted by Crippen LogP contribution is -2.54.